The third kappa shape index (κ3) is 3.93. The third-order valence-corrected chi connectivity index (χ3v) is 6.13. The highest BCUT2D eigenvalue weighted by atomic mass is 16.3. The molecule has 2 aliphatic rings. The molecule has 0 spiro atoms. The number of fused-ring (bicyclic) bond motifs is 2. The molecule has 2 aliphatic carbocycles. The zero-order chi connectivity index (χ0) is 15.8. The molecule has 0 amide bonds. The Balaban J connectivity index is 2.05. The highest BCUT2D eigenvalue weighted by molar-refractivity contribution is 5.19. The zero-order valence-corrected chi connectivity index (χ0v) is 13.9. The van der Waals surface area contributed by atoms with E-state index in [0.717, 1.165) is 50.4 Å². The van der Waals surface area contributed by atoms with Gasteiger partial charge in [-0.05, 0) is 68.1 Å². The molecule has 0 aliphatic heterocycles. The minimum atomic E-state index is 0.297. The molecule has 0 heterocycles. The first-order valence-corrected chi connectivity index (χ1v) is 9.29. The van der Waals surface area contributed by atoms with Crippen LogP contribution in [0.15, 0.2) is 12.2 Å². The average Bonchev–Trinajstić information content (AvgIpc) is 3.10. The lowest BCUT2D eigenvalue weighted by Crippen LogP contribution is -2.35. The van der Waals surface area contributed by atoms with Crippen molar-refractivity contribution in [2.24, 2.45) is 23.2 Å². The summed E-state index contributed by atoms with van der Waals surface area (Å²) >= 11 is 0. The Hall–Kier alpha value is -0.380. The predicted molar refractivity (Wildman–Crippen MR) is 89.5 cm³/mol. The van der Waals surface area contributed by atoms with Gasteiger partial charge in [-0.25, -0.2) is 0 Å². The first-order chi connectivity index (χ1) is 10.8. The van der Waals surface area contributed by atoms with Crippen LogP contribution in [0.3, 0.4) is 0 Å². The largest absolute Gasteiger partial charge is 0.396 e. The van der Waals surface area contributed by atoms with Crippen LogP contribution in [0.25, 0.3) is 0 Å². The molecule has 1 fully saturated rings. The summed E-state index contributed by atoms with van der Waals surface area (Å²) in [5.41, 5.74) is 0.388. The van der Waals surface area contributed by atoms with Crippen molar-refractivity contribution in [2.75, 3.05) is 19.8 Å². The molecule has 22 heavy (non-hydrogen) atoms. The van der Waals surface area contributed by atoms with E-state index in [9.17, 15) is 0 Å². The second-order valence-electron chi connectivity index (χ2n) is 7.31. The van der Waals surface area contributed by atoms with Gasteiger partial charge in [0, 0.05) is 19.8 Å². The van der Waals surface area contributed by atoms with Crippen molar-refractivity contribution in [1.82, 2.24) is 0 Å². The van der Waals surface area contributed by atoms with Crippen molar-refractivity contribution < 1.29 is 15.3 Å². The molecule has 0 aromatic rings. The molecular weight excluding hydrogens is 276 g/mol. The first-order valence-electron chi connectivity index (χ1n) is 9.29. The van der Waals surface area contributed by atoms with Crippen LogP contribution in [0.4, 0.5) is 0 Å². The maximum atomic E-state index is 9.13. The lowest BCUT2D eigenvalue weighted by atomic mass is 9.62. The Morgan fingerprint density at radius 1 is 0.773 bits per heavy atom. The van der Waals surface area contributed by atoms with E-state index in [1.807, 2.05) is 0 Å². The minimum absolute atomic E-state index is 0.297. The first kappa shape index (κ1) is 18.0. The summed E-state index contributed by atoms with van der Waals surface area (Å²) in [6.07, 6.45) is 15.9. The topological polar surface area (TPSA) is 60.7 Å². The number of unbranched alkanes of at least 4 members (excludes halogenated alkanes) is 3. The molecule has 3 unspecified atom stereocenters. The van der Waals surface area contributed by atoms with Crippen molar-refractivity contribution in [2.45, 2.75) is 64.2 Å². The number of aliphatic hydroxyl groups excluding tert-OH is 3. The van der Waals surface area contributed by atoms with Gasteiger partial charge < -0.3 is 15.3 Å². The monoisotopic (exact) mass is 310 g/mol. The summed E-state index contributed by atoms with van der Waals surface area (Å²) in [5, 5.41) is 27.3. The van der Waals surface area contributed by atoms with Gasteiger partial charge in [0.2, 0.25) is 0 Å². The van der Waals surface area contributed by atoms with Crippen LogP contribution in [0, 0.1) is 23.2 Å². The van der Waals surface area contributed by atoms with Crippen LogP contribution >= 0.6 is 0 Å². The fourth-order valence-electron chi connectivity index (χ4n) is 5.13. The molecule has 3 heteroatoms. The van der Waals surface area contributed by atoms with Gasteiger partial charge in [-0.2, -0.15) is 0 Å². The van der Waals surface area contributed by atoms with Gasteiger partial charge in [-0.15, -0.1) is 0 Å². The highest BCUT2D eigenvalue weighted by Gasteiger charge is 2.53. The van der Waals surface area contributed by atoms with Crippen molar-refractivity contribution in [3.05, 3.63) is 12.2 Å². The van der Waals surface area contributed by atoms with E-state index in [4.69, 9.17) is 15.3 Å². The lowest BCUT2D eigenvalue weighted by molar-refractivity contribution is 0.0859. The quantitative estimate of drug-likeness (QED) is 0.383. The molecule has 0 aromatic carbocycles. The molecule has 1 saturated carbocycles. The molecule has 0 saturated heterocycles. The molecule has 3 nitrogen and oxygen atoms in total. The Labute approximate surface area is 135 Å². The molecule has 0 aromatic heterocycles. The van der Waals surface area contributed by atoms with E-state index in [0.29, 0.717) is 31.2 Å². The van der Waals surface area contributed by atoms with E-state index in [1.165, 1.54) is 25.7 Å². The minimum Gasteiger partial charge on any atom is -0.396 e. The maximum Gasteiger partial charge on any atom is 0.0431 e. The highest BCUT2D eigenvalue weighted by Crippen LogP contribution is 2.62. The second kappa shape index (κ2) is 9.05. The van der Waals surface area contributed by atoms with E-state index < -0.39 is 0 Å². The Bertz CT molecular complexity index is 330. The van der Waals surface area contributed by atoms with Crippen LogP contribution in [0.1, 0.15) is 64.2 Å². The maximum absolute atomic E-state index is 9.13. The number of allylic oxidation sites excluding steroid dienone is 2. The van der Waals surface area contributed by atoms with E-state index in [2.05, 4.69) is 12.2 Å². The van der Waals surface area contributed by atoms with Gasteiger partial charge >= 0.3 is 0 Å². The summed E-state index contributed by atoms with van der Waals surface area (Å²) in [6, 6.07) is 0. The molecule has 128 valence electrons. The van der Waals surface area contributed by atoms with Crippen LogP contribution in [0.2, 0.25) is 0 Å². The SMILES string of the molecule is OCCCCC1C2C=CC(C2)C1(CCCCO)CCCCO. The van der Waals surface area contributed by atoms with Gasteiger partial charge in [0.15, 0.2) is 0 Å². The molecule has 2 bridgehead atoms. The van der Waals surface area contributed by atoms with E-state index in [-0.39, 0.29) is 0 Å². The molecule has 3 atom stereocenters. The summed E-state index contributed by atoms with van der Waals surface area (Å²) in [7, 11) is 0. The lowest BCUT2D eigenvalue weighted by Gasteiger charge is -2.43. The van der Waals surface area contributed by atoms with Gasteiger partial charge in [0.25, 0.3) is 0 Å². The fraction of sp³-hybridized carbons (Fsp3) is 0.895. The Morgan fingerprint density at radius 2 is 1.36 bits per heavy atom. The molecule has 3 N–H and O–H groups in total. The zero-order valence-electron chi connectivity index (χ0n) is 13.9. The molecule has 0 radical (unpaired) electrons. The van der Waals surface area contributed by atoms with Gasteiger partial charge in [-0.3, -0.25) is 0 Å². The number of hydrogen-bond acceptors (Lipinski definition) is 3. The smallest absolute Gasteiger partial charge is 0.0431 e. The summed E-state index contributed by atoms with van der Waals surface area (Å²) in [4.78, 5) is 0. The van der Waals surface area contributed by atoms with Crippen molar-refractivity contribution in [3.8, 4) is 0 Å². The van der Waals surface area contributed by atoms with Gasteiger partial charge in [0.1, 0.15) is 0 Å². The van der Waals surface area contributed by atoms with Crippen LogP contribution < -0.4 is 0 Å². The van der Waals surface area contributed by atoms with Crippen molar-refractivity contribution >= 4 is 0 Å². The van der Waals surface area contributed by atoms with Gasteiger partial charge in [-0.1, -0.05) is 31.4 Å². The fourth-order valence-corrected chi connectivity index (χ4v) is 5.13. The van der Waals surface area contributed by atoms with Crippen LogP contribution in [-0.2, 0) is 0 Å². The summed E-state index contributed by atoms with van der Waals surface area (Å²) < 4.78 is 0. The Kier molecular flexibility index (Phi) is 7.39. The number of hydrogen-bond donors (Lipinski definition) is 3. The van der Waals surface area contributed by atoms with Crippen molar-refractivity contribution in [1.29, 1.82) is 0 Å². The van der Waals surface area contributed by atoms with Crippen molar-refractivity contribution in [3.63, 3.8) is 0 Å². The molecular formula is C19H34O3. The van der Waals surface area contributed by atoms with Crippen LogP contribution in [-0.4, -0.2) is 35.1 Å². The summed E-state index contributed by atoms with van der Waals surface area (Å²) in [6.45, 7) is 0.899. The Morgan fingerprint density at radius 3 is 1.95 bits per heavy atom. The second-order valence-corrected chi connectivity index (χ2v) is 7.31. The third-order valence-electron chi connectivity index (χ3n) is 6.13. The molecule has 2 rings (SSSR count). The van der Waals surface area contributed by atoms with E-state index in [1.54, 1.807) is 0 Å². The van der Waals surface area contributed by atoms with E-state index >= 15 is 0 Å². The number of aliphatic hydroxyl groups is 3. The van der Waals surface area contributed by atoms with Crippen LogP contribution in [0.5, 0.6) is 0 Å². The number of rotatable bonds is 12. The van der Waals surface area contributed by atoms with Gasteiger partial charge in [0.05, 0.1) is 0 Å². The standard InChI is InChI=1S/C19H34O3/c20-12-4-1-7-18-16-8-9-17(15-16)19(18,10-2-5-13-21)11-3-6-14-22/h8-9,16-18,20-22H,1-7,10-15H2. The predicted octanol–water partition coefficient (Wildman–Crippen LogP) is 3.28. The summed E-state index contributed by atoms with van der Waals surface area (Å²) in [5.74, 6) is 2.17. The average molecular weight is 310 g/mol. The normalized spacial score (nSPS) is 28.6.